The highest BCUT2D eigenvalue weighted by molar-refractivity contribution is 6.74. The van der Waals surface area contributed by atoms with Crippen molar-refractivity contribution in [3.63, 3.8) is 0 Å². The van der Waals surface area contributed by atoms with Crippen molar-refractivity contribution in [2.45, 2.75) is 57.5 Å². The molecule has 1 N–H and O–H groups in total. The molecule has 0 amide bonds. The Morgan fingerprint density at radius 2 is 2.00 bits per heavy atom. The predicted molar refractivity (Wildman–Crippen MR) is 97.0 cm³/mol. The van der Waals surface area contributed by atoms with Crippen molar-refractivity contribution in [2.24, 2.45) is 0 Å². The lowest BCUT2D eigenvalue weighted by Gasteiger charge is -2.38. The first-order valence-corrected chi connectivity index (χ1v) is 11.5. The Morgan fingerprint density at radius 1 is 1.35 bits per heavy atom. The molecule has 1 fully saturated rings. The minimum Gasteiger partial charge on any atom is -0.412 e. The lowest BCUT2D eigenvalue weighted by atomic mass is 10.2. The van der Waals surface area contributed by atoms with Crippen molar-refractivity contribution < 1.29 is 9.53 Å². The summed E-state index contributed by atoms with van der Waals surface area (Å²) in [7, 11) is -1.86. The molecule has 0 bridgehead atoms. The van der Waals surface area contributed by atoms with Gasteiger partial charge in [0.1, 0.15) is 11.0 Å². The summed E-state index contributed by atoms with van der Waals surface area (Å²) in [5, 5.41) is 10.3. The lowest BCUT2D eigenvalue weighted by molar-refractivity contribution is 0.188. The second-order valence-electron chi connectivity index (χ2n) is 7.54. The molecule has 1 aromatic rings. The highest BCUT2D eigenvalue weighted by Gasteiger charge is 2.42. The molecule has 0 spiro atoms. The van der Waals surface area contributed by atoms with Crippen LogP contribution in [0.25, 0.3) is 0 Å². The van der Waals surface area contributed by atoms with Crippen LogP contribution in [0.4, 0.5) is 5.82 Å². The first-order valence-electron chi connectivity index (χ1n) is 7.79. The van der Waals surface area contributed by atoms with Crippen LogP contribution < -0.4 is 4.90 Å². The molecule has 1 saturated heterocycles. The second kappa shape index (κ2) is 6.84. The van der Waals surface area contributed by atoms with Crippen LogP contribution in [-0.2, 0) is 4.43 Å². The molecule has 1 unspecified atom stereocenters. The van der Waals surface area contributed by atoms with Crippen LogP contribution >= 0.6 is 23.2 Å². The van der Waals surface area contributed by atoms with Crippen LogP contribution in [0.3, 0.4) is 0 Å². The molecule has 2 atom stereocenters. The van der Waals surface area contributed by atoms with E-state index in [1.807, 2.05) is 4.90 Å². The second-order valence-corrected chi connectivity index (χ2v) is 13.0. The Bertz CT molecular complexity index is 546. The van der Waals surface area contributed by atoms with Gasteiger partial charge in [-0.25, -0.2) is 9.97 Å². The van der Waals surface area contributed by atoms with Gasteiger partial charge in [0, 0.05) is 12.6 Å². The number of aliphatic hydroxyl groups is 1. The van der Waals surface area contributed by atoms with Gasteiger partial charge in [-0.1, -0.05) is 32.4 Å². The summed E-state index contributed by atoms with van der Waals surface area (Å²) in [4.78, 5) is 10.1. The number of nitrogens with zero attached hydrogens (tertiary/aromatic N) is 3. The van der Waals surface area contributed by atoms with E-state index >= 15 is 0 Å². The number of hydrogen-bond donors (Lipinski definition) is 1. The van der Waals surface area contributed by atoms with Crippen molar-refractivity contribution in [1.29, 1.82) is 0 Å². The molecule has 1 aromatic heterocycles. The minimum absolute atomic E-state index is 0.0383. The van der Waals surface area contributed by atoms with E-state index in [0.717, 1.165) is 6.42 Å². The molecule has 23 heavy (non-hydrogen) atoms. The molecule has 1 aliphatic heterocycles. The summed E-state index contributed by atoms with van der Waals surface area (Å²) in [6.07, 6.45) is 0.836. The molecule has 0 aromatic carbocycles. The minimum atomic E-state index is -1.86. The zero-order valence-electron chi connectivity index (χ0n) is 14.3. The van der Waals surface area contributed by atoms with Crippen molar-refractivity contribution in [3.8, 4) is 0 Å². The normalized spacial score (nSPS) is 22.7. The van der Waals surface area contributed by atoms with Gasteiger partial charge in [-0.05, 0) is 36.2 Å². The highest BCUT2D eigenvalue weighted by atomic mass is 35.5. The molecule has 130 valence electrons. The Labute approximate surface area is 149 Å². The van der Waals surface area contributed by atoms with E-state index in [4.69, 9.17) is 27.6 Å². The van der Waals surface area contributed by atoms with Crippen molar-refractivity contribution >= 4 is 37.3 Å². The summed E-state index contributed by atoms with van der Waals surface area (Å²) in [5.74, 6) is 0.635. The third kappa shape index (κ3) is 4.36. The number of anilines is 1. The number of halogens is 2. The molecule has 0 aliphatic carbocycles. The molecule has 0 saturated carbocycles. The molecule has 5 nitrogen and oxygen atoms in total. The van der Waals surface area contributed by atoms with E-state index in [9.17, 15) is 5.11 Å². The largest absolute Gasteiger partial charge is 0.412 e. The Kier molecular flexibility index (Phi) is 5.63. The Balaban J connectivity index is 2.18. The van der Waals surface area contributed by atoms with Gasteiger partial charge in [-0.2, -0.15) is 0 Å². The molecule has 8 heteroatoms. The predicted octanol–water partition coefficient (Wildman–Crippen LogP) is 3.74. The summed E-state index contributed by atoms with van der Waals surface area (Å²) >= 11 is 11.9. The fourth-order valence-corrected chi connectivity index (χ4v) is 4.29. The third-order valence-corrected chi connectivity index (χ3v) is 9.70. The zero-order valence-corrected chi connectivity index (χ0v) is 16.8. The average molecular weight is 378 g/mol. The standard InChI is InChI=1S/C15H25Cl2N3O2Si/c1-15(2,3)23(4,5)22-11-6-10(9-21)20(8-11)13-7-12(16)18-14(17)19-13/h7,10-11,21H,6,8-9H2,1-5H3/t10-,11?/m1/s1. The van der Waals surface area contributed by atoms with E-state index < -0.39 is 8.32 Å². The number of aliphatic hydroxyl groups excluding tert-OH is 1. The van der Waals surface area contributed by atoms with Gasteiger partial charge >= 0.3 is 0 Å². The SMILES string of the molecule is CC(C)(C)[Si](C)(C)OC1C[C@H](CO)N(c2cc(Cl)nc(Cl)n2)C1. The number of rotatable bonds is 4. The van der Waals surface area contributed by atoms with Crippen LogP contribution in [-0.4, -0.2) is 48.7 Å². The van der Waals surface area contributed by atoms with E-state index in [2.05, 4.69) is 43.8 Å². The van der Waals surface area contributed by atoms with Crippen LogP contribution in [0.15, 0.2) is 6.07 Å². The highest BCUT2D eigenvalue weighted by Crippen LogP contribution is 2.39. The van der Waals surface area contributed by atoms with Gasteiger partial charge in [0.15, 0.2) is 8.32 Å². The molecular weight excluding hydrogens is 353 g/mol. The quantitative estimate of drug-likeness (QED) is 0.491. The number of hydrogen-bond acceptors (Lipinski definition) is 5. The Hall–Kier alpha value is -0.403. The first-order chi connectivity index (χ1) is 10.5. The monoisotopic (exact) mass is 377 g/mol. The van der Waals surface area contributed by atoms with Crippen LogP contribution in [0.2, 0.25) is 28.6 Å². The molecule has 1 aliphatic rings. The fraction of sp³-hybridized carbons (Fsp3) is 0.733. The third-order valence-electron chi connectivity index (χ3n) is 4.80. The van der Waals surface area contributed by atoms with Gasteiger partial charge < -0.3 is 14.4 Å². The molecular formula is C15H25Cl2N3O2Si. The number of aromatic nitrogens is 2. The zero-order chi connectivity index (χ0) is 17.4. The maximum absolute atomic E-state index is 9.72. The van der Waals surface area contributed by atoms with E-state index in [0.29, 0.717) is 17.5 Å². The van der Waals surface area contributed by atoms with E-state index in [1.54, 1.807) is 6.07 Å². The summed E-state index contributed by atoms with van der Waals surface area (Å²) < 4.78 is 6.48. The fourth-order valence-electron chi connectivity index (χ4n) is 2.53. The summed E-state index contributed by atoms with van der Waals surface area (Å²) in [5.41, 5.74) is 0. The topological polar surface area (TPSA) is 58.5 Å². The lowest BCUT2D eigenvalue weighted by Crippen LogP contribution is -2.44. The van der Waals surface area contributed by atoms with Crippen molar-refractivity contribution in [3.05, 3.63) is 16.5 Å². The summed E-state index contributed by atoms with van der Waals surface area (Å²) in [6.45, 7) is 11.8. The van der Waals surface area contributed by atoms with Crippen LogP contribution in [0.1, 0.15) is 27.2 Å². The van der Waals surface area contributed by atoms with Gasteiger partial charge in [0.05, 0.1) is 18.8 Å². The maximum Gasteiger partial charge on any atom is 0.225 e. The maximum atomic E-state index is 9.72. The van der Waals surface area contributed by atoms with Gasteiger partial charge in [-0.3, -0.25) is 0 Å². The van der Waals surface area contributed by atoms with E-state index in [-0.39, 0.29) is 29.1 Å². The molecule has 2 rings (SSSR count). The van der Waals surface area contributed by atoms with Gasteiger partial charge in [-0.15, -0.1) is 0 Å². The van der Waals surface area contributed by atoms with Crippen LogP contribution in [0, 0.1) is 0 Å². The molecule has 2 heterocycles. The summed E-state index contributed by atoms with van der Waals surface area (Å²) in [6, 6.07) is 1.62. The van der Waals surface area contributed by atoms with Crippen molar-refractivity contribution in [2.75, 3.05) is 18.1 Å². The van der Waals surface area contributed by atoms with Crippen molar-refractivity contribution in [1.82, 2.24) is 9.97 Å². The Morgan fingerprint density at radius 3 is 2.52 bits per heavy atom. The van der Waals surface area contributed by atoms with Gasteiger partial charge in [0.2, 0.25) is 5.28 Å². The first kappa shape index (κ1) is 18.9. The van der Waals surface area contributed by atoms with Gasteiger partial charge in [0.25, 0.3) is 0 Å². The van der Waals surface area contributed by atoms with Crippen LogP contribution in [0.5, 0.6) is 0 Å². The smallest absolute Gasteiger partial charge is 0.225 e. The molecule has 0 radical (unpaired) electrons. The van der Waals surface area contributed by atoms with E-state index in [1.165, 1.54) is 0 Å². The average Bonchev–Trinajstić information content (AvgIpc) is 2.78.